The number of hydrogen-bond donors (Lipinski definition) is 1. The van der Waals surface area contributed by atoms with E-state index in [1.165, 1.54) is 0 Å². The average molecular weight is 277 g/mol. The highest BCUT2D eigenvalue weighted by Crippen LogP contribution is 2.23. The van der Waals surface area contributed by atoms with Crippen molar-refractivity contribution in [3.8, 4) is 5.75 Å². The van der Waals surface area contributed by atoms with E-state index in [0.29, 0.717) is 10.7 Å². The van der Waals surface area contributed by atoms with Gasteiger partial charge in [-0.15, -0.1) is 0 Å². The first-order valence-electron chi connectivity index (χ1n) is 5.99. The molecule has 0 saturated carbocycles. The molecule has 0 aliphatic heterocycles. The van der Waals surface area contributed by atoms with Crippen molar-refractivity contribution in [3.05, 3.63) is 53.1 Å². The first-order valence-corrected chi connectivity index (χ1v) is 6.37. The fraction of sp³-hybridized carbons (Fsp3) is 0.200. The van der Waals surface area contributed by atoms with Gasteiger partial charge in [0, 0.05) is 19.3 Å². The predicted molar refractivity (Wildman–Crippen MR) is 81.0 cm³/mol. The topological polar surface area (TPSA) is 38.5 Å². The molecule has 4 heteroatoms. The summed E-state index contributed by atoms with van der Waals surface area (Å²) in [6, 6.07) is 13.7. The van der Waals surface area contributed by atoms with Gasteiger partial charge in [0.25, 0.3) is 0 Å². The summed E-state index contributed by atoms with van der Waals surface area (Å²) < 4.78 is 5.15. The van der Waals surface area contributed by atoms with Gasteiger partial charge < -0.3 is 15.4 Å². The Bertz CT molecular complexity index is 555. The monoisotopic (exact) mass is 276 g/mol. The Morgan fingerprint density at radius 3 is 2.42 bits per heavy atom. The molecule has 0 aromatic heterocycles. The molecule has 0 heterocycles. The van der Waals surface area contributed by atoms with Crippen molar-refractivity contribution >= 4 is 23.0 Å². The summed E-state index contributed by atoms with van der Waals surface area (Å²) in [7, 11) is 3.70. The van der Waals surface area contributed by atoms with E-state index in [-0.39, 0.29) is 0 Å². The molecule has 0 amide bonds. The fourth-order valence-electron chi connectivity index (χ4n) is 1.89. The first-order chi connectivity index (χ1) is 9.10. The van der Waals surface area contributed by atoms with Crippen molar-refractivity contribution in [1.29, 1.82) is 0 Å². The maximum Gasteiger partial charge on any atom is 0.119 e. The maximum atomic E-state index is 5.92. The van der Waals surface area contributed by atoms with Gasteiger partial charge in [-0.05, 0) is 42.0 Å². The van der Waals surface area contributed by atoms with Crippen LogP contribution in [0.3, 0.4) is 0 Å². The summed E-state index contributed by atoms with van der Waals surface area (Å²) in [5.41, 5.74) is 8.66. The lowest BCUT2D eigenvalue weighted by atomic mass is 10.2. The van der Waals surface area contributed by atoms with E-state index >= 15 is 0 Å². The third-order valence-corrected chi connectivity index (χ3v) is 3.34. The molecular formula is C15H17ClN2O. The molecule has 2 aromatic carbocycles. The molecule has 0 fully saturated rings. The van der Waals surface area contributed by atoms with Gasteiger partial charge in [-0.3, -0.25) is 0 Å². The van der Waals surface area contributed by atoms with Crippen LogP contribution in [0.1, 0.15) is 5.56 Å². The number of ether oxygens (including phenoxy) is 1. The Morgan fingerprint density at radius 1 is 1.16 bits per heavy atom. The number of hydrogen-bond acceptors (Lipinski definition) is 3. The minimum absolute atomic E-state index is 0.593. The van der Waals surface area contributed by atoms with Crippen molar-refractivity contribution < 1.29 is 4.74 Å². The van der Waals surface area contributed by atoms with Crippen LogP contribution in [0.5, 0.6) is 5.75 Å². The minimum atomic E-state index is 0.593. The number of benzene rings is 2. The van der Waals surface area contributed by atoms with Crippen LogP contribution in [0.15, 0.2) is 42.5 Å². The summed E-state index contributed by atoms with van der Waals surface area (Å²) in [4.78, 5) is 2.14. The third kappa shape index (κ3) is 3.32. The first kappa shape index (κ1) is 13.6. The summed E-state index contributed by atoms with van der Waals surface area (Å²) in [6.07, 6.45) is 0. The lowest BCUT2D eigenvalue weighted by Gasteiger charge is -2.20. The van der Waals surface area contributed by atoms with Gasteiger partial charge in [0.05, 0.1) is 17.8 Å². The largest absolute Gasteiger partial charge is 0.497 e. The molecule has 0 saturated heterocycles. The Hall–Kier alpha value is -1.87. The van der Waals surface area contributed by atoms with Crippen molar-refractivity contribution in [3.63, 3.8) is 0 Å². The highest BCUT2D eigenvalue weighted by molar-refractivity contribution is 6.33. The molecule has 2 rings (SSSR count). The number of halogens is 1. The minimum Gasteiger partial charge on any atom is -0.497 e. The molecule has 0 radical (unpaired) electrons. The second-order valence-corrected chi connectivity index (χ2v) is 4.82. The van der Waals surface area contributed by atoms with Crippen LogP contribution in [0, 0.1) is 0 Å². The van der Waals surface area contributed by atoms with Crippen molar-refractivity contribution in [2.75, 3.05) is 24.8 Å². The Balaban J connectivity index is 2.10. The van der Waals surface area contributed by atoms with Crippen LogP contribution in [-0.4, -0.2) is 14.2 Å². The molecule has 100 valence electrons. The summed E-state index contributed by atoms with van der Waals surface area (Å²) in [5.74, 6) is 0.855. The molecule has 0 unspecified atom stereocenters. The zero-order valence-corrected chi connectivity index (χ0v) is 11.8. The van der Waals surface area contributed by atoms with Gasteiger partial charge in [-0.25, -0.2) is 0 Å². The third-order valence-electron chi connectivity index (χ3n) is 2.99. The van der Waals surface area contributed by atoms with Crippen LogP contribution in [0.4, 0.5) is 11.4 Å². The van der Waals surface area contributed by atoms with Crippen molar-refractivity contribution in [2.24, 2.45) is 0 Å². The van der Waals surface area contributed by atoms with E-state index in [2.05, 4.69) is 4.90 Å². The van der Waals surface area contributed by atoms with Gasteiger partial charge in [0.2, 0.25) is 0 Å². The summed E-state index contributed by atoms with van der Waals surface area (Å²) in [5, 5.41) is 0.593. The van der Waals surface area contributed by atoms with E-state index in [9.17, 15) is 0 Å². The number of nitrogen functional groups attached to an aromatic ring is 1. The number of nitrogens with zero attached hydrogens (tertiary/aromatic N) is 1. The van der Waals surface area contributed by atoms with E-state index in [0.717, 1.165) is 23.5 Å². The second kappa shape index (κ2) is 5.85. The molecule has 0 aliphatic rings. The zero-order chi connectivity index (χ0) is 13.8. The van der Waals surface area contributed by atoms with Gasteiger partial charge in [0.15, 0.2) is 0 Å². The van der Waals surface area contributed by atoms with Crippen molar-refractivity contribution in [2.45, 2.75) is 6.54 Å². The molecule has 19 heavy (non-hydrogen) atoms. The highest BCUT2D eigenvalue weighted by atomic mass is 35.5. The number of anilines is 2. The van der Waals surface area contributed by atoms with Crippen molar-refractivity contribution in [1.82, 2.24) is 0 Å². The molecule has 0 atom stereocenters. The number of rotatable bonds is 4. The van der Waals surface area contributed by atoms with Gasteiger partial charge >= 0.3 is 0 Å². The van der Waals surface area contributed by atoms with E-state index < -0.39 is 0 Å². The Morgan fingerprint density at radius 2 is 1.84 bits per heavy atom. The van der Waals surface area contributed by atoms with E-state index in [4.69, 9.17) is 22.1 Å². The number of methoxy groups -OCH3 is 1. The summed E-state index contributed by atoms with van der Waals surface area (Å²) in [6.45, 7) is 0.772. The molecule has 0 aliphatic carbocycles. The summed E-state index contributed by atoms with van der Waals surface area (Å²) >= 11 is 5.92. The van der Waals surface area contributed by atoms with Crippen LogP contribution in [0.25, 0.3) is 0 Å². The molecule has 2 aromatic rings. The average Bonchev–Trinajstić information content (AvgIpc) is 2.43. The predicted octanol–water partition coefficient (Wildman–Crippen LogP) is 3.57. The quantitative estimate of drug-likeness (QED) is 0.868. The van der Waals surface area contributed by atoms with E-state index in [1.807, 2.05) is 49.5 Å². The van der Waals surface area contributed by atoms with Crippen LogP contribution in [-0.2, 0) is 6.54 Å². The normalized spacial score (nSPS) is 10.3. The molecular weight excluding hydrogens is 260 g/mol. The molecule has 0 spiro atoms. The lowest BCUT2D eigenvalue weighted by molar-refractivity contribution is 0.415. The van der Waals surface area contributed by atoms with Crippen LogP contribution in [0.2, 0.25) is 5.02 Å². The van der Waals surface area contributed by atoms with Gasteiger partial charge in [-0.2, -0.15) is 0 Å². The molecule has 0 bridgehead atoms. The van der Waals surface area contributed by atoms with Gasteiger partial charge in [0.1, 0.15) is 5.75 Å². The van der Waals surface area contributed by atoms with Crippen LogP contribution < -0.4 is 15.4 Å². The smallest absolute Gasteiger partial charge is 0.119 e. The fourth-order valence-corrected chi connectivity index (χ4v) is 2.01. The lowest BCUT2D eigenvalue weighted by Crippen LogP contribution is -2.16. The highest BCUT2D eigenvalue weighted by Gasteiger charge is 2.04. The molecule has 2 N–H and O–H groups in total. The maximum absolute atomic E-state index is 5.92. The van der Waals surface area contributed by atoms with Gasteiger partial charge in [-0.1, -0.05) is 17.7 Å². The Labute approximate surface area is 118 Å². The standard InChI is InChI=1S/C15H17ClN2O/c1-18(12-4-6-13(19-2)7-5-12)10-11-3-8-14(16)15(17)9-11/h3-9H,10,17H2,1-2H3. The Kier molecular flexibility index (Phi) is 4.17. The SMILES string of the molecule is COc1ccc(N(C)Cc2ccc(Cl)c(N)c2)cc1. The zero-order valence-electron chi connectivity index (χ0n) is 11.1. The van der Waals surface area contributed by atoms with E-state index in [1.54, 1.807) is 7.11 Å². The molecule has 3 nitrogen and oxygen atoms in total. The second-order valence-electron chi connectivity index (χ2n) is 4.41. The number of nitrogens with two attached hydrogens (primary N) is 1. The van der Waals surface area contributed by atoms with Crippen LogP contribution >= 0.6 is 11.6 Å².